The molecule has 0 spiro atoms. The van der Waals surface area contributed by atoms with Gasteiger partial charge in [0.25, 0.3) is 0 Å². The number of ketones is 1. The number of hydrogen-bond donors (Lipinski definition) is 0. The molecule has 0 aliphatic carbocycles. The normalized spacial score (nSPS) is 37.4. The minimum atomic E-state index is 0.0107. The topological polar surface area (TPSA) is 35.5 Å². The third kappa shape index (κ3) is 2.34. The van der Waals surface area contributed by atoms with Crippen LogP contribution in [0.5, 0.6) is 0 Å². The van der Waals surface area contributed by atoms with Crippen molar-refractivity contribution in [2.75, 3.05) is 13.2 Å². The van der Waals surface area contributed by atoms with Gasteiger partial charge in [-0.15, -0.1) is 0 Å². The molecule has 0 aromatic heterocycles. The van der Waals surface area contributed by atoms with E-state index in [4.69, 9.17) is 9.47 Å². The molecule has 1 fully saturated rings. The van der Waals surface area contributed by atoms with Crippen molar-refractivity contribution in [1.29, 1.82) is 0 Å². The number of Topliss-reactive ketones (excluding diaryl/α,β-unsaturated/α-hetero) is 1. The molecule has 0 aromatic carbocycles. The van der Waals surface area contributed by atoms with Crippen LogP contribution in [0.15, 0.2) is 0 Å². The first kappa shape index (κ1) is 11.7. The fraction of sp³-hybridized carbons (Fsp3) is 0.909. The third-order valence-electron chi connectivity index (χ3n) is 3.06. The zero-order chi connectivity index (χ0) is 10.7. The van der Waals surface area contributed by atoms with E-state index in [9.17, 15) is 4.79 Å². The van der Waals surface area contributed by atoms with Gasteiger partial charge in [-0.25, -0.2) is 0 Å². The molecule has 1 rings (SSSR count). The highest BCUT2D eigenvalue weighted by Crippen LogP contribution is 2.32. The van der Waals surface area contributed by atoms with Gasteiger partial charge in [-0.05, 0) is 26.7 Å². The Labute approximate surface area is 85.8 Å². The maximum atomic E-state index is 11.8. The first-order chi connectivity index (χ1) is 6.57. The van der Waals surface area contributed by atoms with Gasteiger partial charge in [0.1, 0.15) is 6.61 Å². The Balaban J connectivity index is 2.53. The summed E-state index contributed by atoms with van der Waals surface area (Å²) in [5.74, 6) is 0.491. The smallest absolute Gasteiger partial charge is 0.164 e. The van der Waals surface area contributed by atoms with Gasteiger partial charge in [0, 0.05) is 6.61 Å². The van der Waals surface area contributed by atoms with Crippen molar-refractivity contribution < 1.29 is 14.3 Å². The van der Waals surface area contributed by atoms with Gasteiger partial charge >= 0.3 is 0 Å². The minimum absolute atomic E-state index is 0.0107. The maximum Gasteiger partial charge on any atom is 0.164 e. The lowest BCUT2D eigenvalue weighted by Gasteiger charge is -2.16. The molecule has 1 heterocycles. The van der Waals surface area contributed by atoms with Crippen LogP contribution in [-0.4, -0.2) is 31.2 Å². The van der Waals surface area contributed by atoms with Gasteiger partial charge in [0.2, 0.25) is 0 Å². The summed E-state index contributed by atoms with van der Waals surface area (Å²) in [6.07, 6.45) is 0.216. The van der Waals surface area contributed by atoms with Crippen LogP contribution in [0.4, 0.5) is 0 Å². The van der Waals surface area contributed by atoms with Crippen molar-refractivity contribution in [2.45, 2.75) is 39.9 Å². The summed E-state index contributed by atoms with van der Waals surface area (Å²) in [5, 5.41) is 0. The van der Waals surface area contributed by atoms with Crippen LogP contribution in [0.3, 0.4) is 0 Å². The largest absolute Gasteiger partial charge is 0.375 e. The van der Waals surface area contributed by atoms with Crippen LogP contribution in [0, 0.1) is 11.8 Å². The van der Waals surface area contributed by atoms with Crippen molar-refractivity contribution in [3.63, 3.8) is 0 Å². The lowest BCUT2D eigenvalue weighted by atomic mass is 9.86. The molecule has 82 valence electrons. The van der Waals surface area contributed by atoms with Crippen molar-refractivity contribution in [2.24, 2.45) is 11.8 Å². The van der Waals surface area contributed by atoms with Crippen molar-refractivity contribution in [3.05, 3.63) is 0 Å². The van der Waals surface area contributed by atoms with Gasteiger partial charge < -0.3 is 9.47 Å². The lowest BCUT2D eigenvalue weighted by Crippen LogP contribution is -2.29. The highest BCUT2D eigenvalue weighted by Gasteiger charge is 2.40. The van der Waals surface area contributed by atoms with Crippen LogP contribution in [-0.2, 0) is 14.3 Å². The Hall–Kier alpha value is -0.410. The number of rotatable bonds is 4. The Kier molecular flexibility index (Phi) is 4.08. The van der Waals surface area contributed by atoms with Crippen molar-refractivity contribution >= 4 is 5.78 Å². The summed E-state index contributed by atoms with van der Waals surface area (Å²) < 4.78 is 10.7. The van der Waals surface area contributed by atoms with Crippen molar-refractivity contribution in [3.8, 4) is 0 Å². The average Bonchev–Trinajstić information content (AvgIpc) is 2.38. The summed E-state index contributed by atoms with van der Waals surface area (Å²) in [4.78, 5) is 11.8. The summed E-state index contributed by atoms with van der Waals surface area (Å²) in [5.41, 5.74) is 0. The summed E-state index contributed by atoms with van der Waals surface area (Å²) >= 11 is 0. The molecule has 14 heavy (non-hydrogen) atoms. The van der Waals surface area contributed by atoms with Crippen LogP contribution in [0.25, 0.3) is 0 Å². The molecule has 0 aromatic rings. The molecule has 3 heteroatoms. The van der Waals surface area contributed by atoms with E-state index in [1.165, 1.54) is 0 Å². The van der Waals surface area contributed by atoms with Gasteiger partial charge in [-0.2, -0.15) is 0 Å². The molecule has 4 atom stereocenters. The Bertz CT molecular complexity index is 203. The van der Waals surface area contributed by atoms with E-state index in [1.54, 1.807) is 0 Å². The van der Waals surface area contributed by atoms with Gasteiger partial charge in [-0.1, -0.05) is 6.92 Å². The van der Waals surface area contributed by atoms with Crippen molar-refractivity contribution in [1.82, 2.24) is 0 Å². The Morgan fingerprint density at radius 3 is 2.36 bits per heavy atom. The lowest BCUT2D eigenvalue weighted by molar-refractivity contribution is -0.129. The molecule has 3 nitrogen and oxygen atoms in total. The van der Waals surface area contributed by atoms with E-state index in [-0.39, 0.29) is 30.5 Å². The van der Waals surface area contributed by atoms with E-state index in [0.717, 1.165) is 0 Å². The molecule has 0 saturated carbocycles. The molecule has 4 unspecified atom stereocenters. The van der Waals surface area contributed by atoms with E-state index in [1.807, 2.05) is 20.8 Å². The van der Waals surface area contributed by atoms with Gasteiger partial charge in [0.15, 0.2) is 5.78 Å². The van der Waals surface area contributed by atoms with E-state index in [2.05, 4.69) is 6.92 Å². The quantitative estimate of drug-likeness (QED) is 0.692. The fourth-order valence-electron chi connectivity index (χ4n) is 2.12. The molecule has 1 aliphatic heterocycles. The van der Waals surface area contributed by atoms with Crippen LogP contribution in [0.1, 0.15) is 27.7 Å². The number of hydrogen-bond acceptors (Lipinski definition) is 3. The summed E-state index contributed by atoms with van der Waals surface area (Å²) in [6.45, 7) is 8.78. The van der Waals surface area contributed by atoms with E-state index < -0.39 is 0 Å². The Morgan fingerprint density at radius 1 is 1.29 bits per heavy atom. The summed E-state index contributed by atoms with van der Waals surface area (Å²) in [6, 6.07) is 0. The highest BCUT2D eigenvalue weighted by molar-refractivity contribution is 5.83. The SMILES string of the molecule is CCOCC(=O)C1C(C)OC(C)C1C. The maximum absolute atomic E-state index is 11.8. The third-order valence-corrected chi connectivity index (χ3v) is 3.06. The van der Waals surface area contributed by atoms with E-state index >= 15 is 0 Å². The summed E-state index contributed by atoms with van der Waals surface area (Å²) in [7, 11) is 0. The molecule has 0 radical (unpaired) electrons. The molecule has 1 saturated heterocycles. The highest BCUT2D eigenvalue weighted by atomic mass is 16.5. The molecular formula is C11H20O3. The second-order valence-corrected chi connectivity index (χ2v) is 4.03. The van der Waals surface area contributed by atoms with Crippen LogP contribution >= 0.6 is 0 Å². The zero-order valence-electron chi connectivity index (χ0n) is 9.45. The number of ether oxygens (including phenoxy) is 2. The molecule has 0 bridgehead atoms. The Morgan fingerprint density at radius 2 is 1.93 bits per heavy atom. The second kappa shape index (κ2) is 4.89. The van der Waals surface area contributed by atoms with Gasteiger partial charge in [0.05, 0.1) is 18.1 Å². The van der Waals surface area contributed by atoms with E-state index in [0.29, 0.717) is 12.5 Å². The van der Waals surface area contributed by atoms with Crippen LogP contribution < -0.4 is 0 Å². The molecule has 1 aliphatic rings. The standard InChI is InChI=1S/C11H20O3/c1-5-13-6-10(12)11-7(2)8(3)14-9(11)4/h7-9,11H,5-6H2,1-4H3. The molecule has 0 N–H and O–H groups in total. The number of carbonyl (C=O) groups is 1. The average molecular weight is 200 g/mol. The van der Waals surface area contributed by atoms with Crippen LogP contribution in [0.2, 0.25) is 0 Å². The zero-order valence-corrected chi connectivity index (χ0v) is 9.45. The molecule has 0 amide bonds. The first-order valence-electron chi connectivity index (χ1n) is 5.33. The first-order valence-corrected chi connectivity index (χ1v) is 5.33. The predicted molar refractivity (Wildman–Crippen MR) is 54.2 cm³/mol. The fourth-order valence-corrected chi connectivity index (χ4v) is 2.12. The monoisotopic (exact) mass is 200 g/mol. The minimum Gasteiger partial charge on any atom is -0.375 e. The predicted octanol–water partition coefficient (Wildman–Crippen LogP) is 1.65. The molecular weight excluding hydrogens is 180 g/mol. The number of carbonyl (C=O) groups excluding carboxylic acids is 1. The van der Waals surface area contributed by atoms with Gasteiger partial charge in [-0.3, -0.25) is 4.79 Å². The second-order valence-electron chi connectivity index (χ2n) is 4.03.